The van der Waals surface area contributed by atoms with Crippen LogP contribution < -0.4 is 10.6 Å². The second kappa shape index (κ2) is 7.97. The Hall–Kier alpha value is -2.78. The summed E-state index contributed by atoms with van der Waals surface area (Å²) in [5.41, 5.74) is 5.57. The van der Waals surface area contributed by atoms with Crippen LogP contribution in [0.15, 0.2) is 72.8 Å². The van der Waals surface area contributed by atoms with Crippen LogP contribution in [0.3, 0.4) is 0 Å². The van der Waals surface area contributed by atoms with Gasteiger partial charge in [0.2, 0.25) is 0 Å². The van der Waals surface area contributed by atoms with Crippen LogP contribution in [0, 0.1) is 17.8 Å². The number of amides is 1. The summed E-state index contributed by atoms with van der Waals surface area (Å²) >= 11 is 6.25. The Morgan fingerprint density at radius 3 is 2.59 bits per heavy atom. The highest BCUT2D eigenvalue weighted by molar-refractivity contribution is 6.31. The van der Waals surface area contributed by atoms with Crippen LogP contribution in [-0.2, 0) is 6.54 Å². The Bertz CT molecular complexity index is 1160. The summed E-state index contributed by atoms with van der Waals surface area (Å²) in [5.74, 6) is 2.60. The summed E-state index contributed by atoms with van der Waals surface area (Å²) in [6.45, 7) is 0.431. The first-order valence-corrected chi connectivity index (χ1v) is 12.0. The van der Waals surface area contributed by atoms with E-state index in [-0.39, 0.29) is 5.91 Å². The fourth-order valence-corrected chi connectivity index (χ4v) is 6.74. The topological polar surface area (TPSA) is 41.1 Å². The molecule has 5 atom stereocenters. The van der Waals surface area contributed by atoms with Crippen LogP contribution >= 0.6 is 11.6 Å². The van der Waals surface area contributed by atoms with Crippen molar-refractivity contribution in [2.45, 2.75) is 37.8 Å². The first kappa shape index (κ1) is 19.9. The van der Waals surface area contributed by atoms with Crippen molar-refractivity contribution in [3.8, 4) is 0 Å². The maximum absolute atomic E-state index is 13.0. The molecule has 2 fully saturated rings. The number of carbonyl (C=O) groups is 1. The quantitative estimate of drug-likeness (QED) is 0.480. The zero-order chi connectivity index (χ0) is 21.7. The number of carbonyl (C=O) groups excluding carboxylic acids is 1. The molecule has 0 radical (unpaired) electrons. The molecule has 1 aliphatic heterocycles. The predicted molar refractivity (Wildman–Crippen MR) is 129 cm³/mol. The van der Waals surface area contributed by atoms with Gasteiger partial charge in [0.1, 0.15) is 0 Å². The first-order chi connectivity index (χ1) is 15.7. The van der Waals surface area contributed by atoms with Gasteiger partial charge in [-0.1, -0.05) is 60.1 Å². The second-order valence-corrected chi connectivity index (χ2v) is 9.95. The number of nitrogens with one attached hydrogen (secondary N) is 2. The Morgan fingerprint density at radius 1 is 0.969 bits per heavy atom. The van der Waals surface area contributed by atoms with Crippen molar-refractivity contribution in [1.82, 2.24) is 5.32 Å². The zero-order valence-corrected chi connectivity index (χ0v) is 18.7. The van der Waals surface area contributed by atoms with Gasteiger partial charge in [-0.05, 0) is 83.9 Å². The Kier molecular flexibility index (Phi) is 4.95. The lowest BCUT2D eigenvalue weighted by Gasteiger charge is -2.43. The average Bonchev–Trinajstić information content (AvgIpc) is 3.46. The number of benzene rings is 3. The molecule has 3 aromatic rings. The molecule has 2 aliphatic carbocycles. The number of hydrogen-bond acceptors (Lipinski definition) is 2. The molecule has 6 rings (SSSR count). The molecule has 4 heteroatoms. The molecule has 3 aliphatic rings. The van der Waals surface area contributed by atoms with E-state index < -0.39 is 0 Å². The van der Waals surface area contributed by atoms with Crippen LogP contribution in [0.1, 0.15) is 58.3 Å². The maximum Gasteiger partial charge on any atom is 0.251 e. The van der Waals surface area contributed by atoms with E-state index in [9.17, 15) is 4.79 Å². The molecule has 0 aromatic heterocycles. The van der Waals surface area contributed by atoms with Crippen LogP contribution in [-0.4, -0.2) is 5.91 Å². The van der Waals surface area contributed by atoms with E-state index in [1.165, 1.54) is 36.1 Å². The second-order valence-electron chi connectivity index (χ2n) is 9.55. The van der Waals surface area contributed by atoms with Crippen molar-refractivity contribution >= 4 is 23.2 Å². The third-order valence-corrected chi connectivity index (χ3v) is 8.27. The number of rotatable bonds is 4. The van der Waals surface area contributed by atoms with E-state index in [0.29, 0.717) is 29.4 Å². The van der Waals surface area contributed by atoms with Crippen molar-refractivity contribution in [3.05, 3.63) is 100 Å². The molecular formula is C28H27ClN2O. The van der Waals surface area contributed by atoms with Crippen LogP contribution in [0.25, 0.3) is 0 Å². The lowest BCUT2D eigenvalue weighted by atomic mass is 9.68. The number of fused-ring (bicyclic) bond motifs is 7. The van der Waals surface area contributed by atoms with Gasteiger partial charge in [0, 0.05) is 22.8 Å². The highest BCUT2D eigenvalue weighted by Crippen LogP contribution is 2.63. The maximum atomic E-state index is 13.0. The standard InChI is InChI=1S/C28H27ClN2O/c29-23-9-5-4-8-21(23)16-30-28(32)20-12-13-24-22(15-20)25-18-10-11-19(14-18)26(25)27(31-24)17-6-2-1-3-7-17/h1-9,12-13,15,18-19,25-27,31H,10-11,14,16H2,(H,30,32)/t18-,19-,25-,26+,27+/m0/s1. The third-order valence-electron chi connectivity index (χ3n) is 7.91. The smallest absolute Gasteiger partial charge is 0.251 e. The number of halogens is 1. The summed E-state index contributed by atoms with van der Waals surface area (Å²) in [6.07, 6.45) is 3.97. The van der Waals surface area contributed by atoms with Gasteiger partial charge in [0.25, 0.3) is 5.91 Å². The molecule has 3 aromatic carbocycles. The minimum Gasteiger partial charge on any atom is -0.378 e. The summed E-state index contributed by atoms with van der Waals surface area (Å²) in [7, 11) is 0. The summed E-state index contributed by atoms with van der Waals surface area (Å²) in [4.78, 5) is 13.0. The lowest BCUT2D eigenvalue weighted by Crippen LogP contribution is -2.35. The van der Waals surface area contributed by atoms with Crippen molar-refractivity contribution in [1.29, 1.82) is 0 Å². The van der Waals surface area contributed by atoms with Gasteiger partial charge in [-0.15, -0.1) is 0 Å². The Morgan fingerprint density at radius 2 is 1.75 bits per heavy atom. The van der Waals surface area contributed by atoms with Gasteiger partial charge in [-0.3, -0.25) is 4.79 Å². The van der Waals surface area contributed by atoms with Crippen LogP contribution in [0.4, 0.5) is 5.69 Å². The van der Waals surface area contributed by atoms with Crippen LogP contribution in [0.5, 0.6) is 0 Å². The zero-order valence-electron chi connectivity index (χ0n) is 17.9. The molecule has 2 bridgehead atoms. The molecule has 1 heterocycles. The van der Waals surface area contributed by atoms with Gasteiger partial charge < -0.3 is 10.6 Å². The summed E-state index contributed by atoms with van der Waals surface area (Å²) < 4.78 is 0. The fourth-order valence-electron chi connectivity index (χ4n) is 6.54. The van der Waals surface area contributed by atoms with Gasteiger partial charge in [-0.25, -0.2) is 0 Å². The first-order valence-electron chi connectivity index (χ1n) is 11.7. The van der Waals surface area contributed by atoms with E-state index in [4.69, 9.17) is 11.6 Å². The Balaban J connectivity index is 1.30. The van der Waals surface area contributed by atoms with Gasteiger partial charge in [0.15, 0.2) is 0 Å². The van der Waals surface area contributed by atoms with E-state index in [1.807, 2.05) is 30.3 Å². The van der Waals surface area contributed by atoms with Gasteiger partial charge in [0.05, 0.1) is 6.04 Å². The largest absolute Gasteiger partial charge is 0.378 e. The Labute approximate surface area is 194 Å². The van der Waals surface area contributed by atoms with E-state index >= 15 is 0 Å². The van der Waals surface area contributed by atoms with Gasteiger partial charge >= 0.3 is 0 Å². The summed E-state index contributed by atoms with van der Waals surface area (Å²) in [5, 5.41) is 7.58. The van der Waals surface area contributed by atoms with E-state index in [0.717, 1.165) is 23.0 Å². The molecule has 2 saturated carbocycles. The highest BCUT2D eigenvalue weighted by Gasteiger charge is 2.53. The van der Waals surface area contributed by atoms with Crippen LogP contribution in [0.2, 0.25) is 5.02 Å². The van der Waals surface area contributed by atoms with Crippen molar-refractivity contribution in [3.63, 3.8) is 0 Å². The minimum atomic E-state index is -0.0439. The van der Waals surface area contributed by atoms with Crippen molar-refractivity contribution in [2.75, 3.05) is 5.32 Å². The molecule has 2 N–H and O–H groups in total. The molecule has 0 saturated heterocycles. The molecule has 0 unspecified atom stereocenters. The fraction of sp³-hybridized carbons (Fsp3) is 0.321. The molecular weight excluding hydrogens is 416 g/mol. The SMILES string of the molecule is O=C(NCc1ccccc1Cl)c1ccc2c(c1)[C@@H]1[C@H]3CC[C@@H](C3)[C@H]1[C@@H](c1ccccc1)N2. The number of hydrogen-bond donors (Lipinski definition) is 2. The predicted octanol–water partition coefficient (Wildman–Crippen LogP) is 6.57. The highest BCUT2D eigenvalue weighted by atomic mass is 35.5. The number of anilines is 1. The van der Waals surface area contributed by atoms with E-state index in [1.54, 1.807) is 0 Å². The lowest BCUT2D eigenvalue weighted by molar-refractivity contribution is 0.0950. The molecule has 0 spiro atoms. The minimum absolute atomic E-state index is 0.0439. The van der Waals surface area contributed by atoms with Gasteiger partial charge in [-0.2, -0.15) is 0 Å². The van der Waals surface area contributed by atoms with Crippen molar-refractivity contribution < 1.29 is 4.79 Å². The monoisotopic (exact) mass is 442 g/mol. The third kappa shape index (κ3) is 3.31. The average molecular weight is 443 g/mol. The molecule has 1 amide bonds. The van der Waals surface area contributed by atoms with Crippen molar-refractivity contribution in [2.24, 2.45) is 17.8 Å². The summed E-state index contributed by atoms with van der Waals surface area (Å²) in [6, 6.07) is 25.1. The van der Waals surface area contributed by atoms with E-state index in [2.05, 4.69) is 53.1 Å². The normalized spacial score (nSPS) is 27.3. The molecule has 3 nitrogen and oxygen atoms in total. The molecule has 32 heavy (non-hydrogen) atoms. The molecule has 162 valence electrons.